The van der Waals surface area contributed by atoms with E-state index in [1.807, 2.05) is 26.0 Å². The summed E-state index contributed by atoms with van der Waals surface area (Å²) >= 11 is 0. The van der Waals surface area contributed by atoms with E-state index in [1.54, 1.807) is 42.5 Å². The van der Waals surface area contributed by atoms with E-state index in [-0.39, 0.29) is 23.4 Å². The van der Waals surface area contributed by atoms with Gasteiger partial charge in [0.15, 0.2) is 0 Å². The van der Waals surface area contributed by atoms with Gasteiger partial charge in [-0.2, -0.15) is 4.31 Å². The van der Waals surface area contributed by atoms with Crippen molar-refractivity contribution in [1.29, 1.82) is 0 Å². The molecule has 0 fully saturated rings. The van der Waals surface area contributed by atoms with E-state index in [4.69, 9.17) is 0 Å². The molecule has 6 heteroatoms. The maximum absolute atomic E-state index is 12.8. The number of amides is 1. The number of sulfonamides is 1. The minimum absolute atomic E-state index is 0.105. The van der Waals surface area contributed by atoms with E-state index in [1.165, 1.54) is 4.31 Å². The highest BCUT2D eigenvalue weighted by atomic mass is 32.2. The second-order valence-electron chi connectivity index (χ2n) is 6.60. The van der Waals surface area contributed by atoms with Gasteiger partial charge in [-0.3, -0.25) is 4.79 Å². The predicted octanol–water partition coefficient (Wildman–Crippen LogP) is 3.82. The Morgan fingerprint density at radius 1 is 1.04 bits per heavy atom. The molecule has 0 saturated carbocycles. The molecule has 0 spiro atoms. The van der Waals surface area contributed by atoms with Gasteiger partial charge in [0.1, 0.15) is 0 Å². The number of carbonyl (C=O) groups excluding carboxylic acids is 1. The summed E-state index contributed by atoms with van der Waals surface area (Å²) in [5.74, 6) is -0.105. The normalized spacial score (nSPS) is 12.7. The van der Waals surface area contributed by atoms with Crippen molar-refractivity contribution in [2.75, 3.05) is 6.54 Å². The largest absolute Gasteiger partial charge is 0.350 e. The highest BCUT2D eigenvalue weighted by Gasteiger charge is 2.23. The first-order chi connectivity index (χ1) is 12.9. The van der Waals surface area contributed by atoms with E-state index in [9.17, 15) is 13.2 Å². The van der Waals surface area contributed by atoms with Crippen LogP contribution in [0, 0.1) is 0 Å². The molecule has 2 rings (SSSR count). The molecular formula is C21H28N2O3S. The van der Waals surface area contributed by atoms with Gasteiger partial charge in [0.2, 0.25) is 10.0 Å². The number of benzene rings is 2. The zero-order valence-corrected chi connectivity index (χ0v) is 17.0. The van der Waals surface area contributed by atoms with Gasteiger partial charge in [-0.15, -0.1) is 0 Å². The first-order valence-corrected chi connectivity index (χ1v) is 10.8. The van der Waals surface area contributed by atoms with Crippen LogP contribution in [0.4, 0.5) is 0 Å². The van der Waals surface area contributed by atoms with Gasteiger partial charge in [-0.25, -0.2) is 8.42 Å². The fourth-order valence-electron chi connectivity index (χ4n) is 2.89. The smallest absolute Gasteiger partial charge is 0.251 e. The standard InChI is InChI=1S/C21H28N2O3S/c1-4-9-17(3)22-21(24)19-14-12-18(13-15-19)16-23(5-2)27(25,26)20-10-7-6-8-11-20/h6-8,10-15,17H,4-5,9,16H2,1-3H3,(H,22,24)/t17-/m1/s1. The summed E-state index contributed by atoms with van der Waals surface area (Å²) in [5, 5.41) is 2.97. The molecule has 1 N–H and O–H groups in total. The average molecular weight is 389 g/mol. The summed E-state index contributed by atoms with van der Waals surface area (Å²) in [6.45, 7) is 6.52. The van der Waals surface area contributed by atoms with Crippen LogP contribution in [0.15, 0.2) is 59.5 Å². The summed E-state index contributed by atoms with van der Waals surface area (Å²) in [7, 11) is -3.54. The molecule has 0 aromatic heterocycles. The van der Waals surface area contributed by atoms with Crippen LogP contribution in [0.2, 0.25) is 0 Å². The van der Waals surface area contributed by atoms with Gasteiger partial charge in [0.25, 0.3) is 5.91 Å². The topological polar surface area (TPSA) is 66.5 Å². The first kappa shape index (κ1) is 21.1. The molecule has 0 saturated heterocycles. The van der Waals surface area contributed by atoms with Crippen LogP contribution in [0.1, 0.15) is 49.5 Å². The van der Waals surface area contributed by atoms with E-state index < -0.39 is 10.0 Å². The Morgan fingerprint density at radius 2 is 1.67 bits per heavy atom. The first-order valence-electron chi connectivity index (χ1n) is 9.33. The molecule has 5 nitrogen and oxygen atoms in total. The van der Waals surface area contributed by atoms with Crippen molar-refractivity contribution in [2.24, 2.45) is 0 Å². The summed E-state index contributed by atoms with van der Waals surface area (Å²) in [5.41, 5.74) is 1.42. The Balaban J connectivity index is 2.09. The molecule has 0 aliphatic carbocycles. The molecule has 0 bridgehead atoms. The SMILES string of the molecule is CCC[C@@H](C)NC(=O)c1ccc(CN(CC)S(=O)(=O)c2ccccc2)cc1. The van der Waals surface area contributed by atoms with E-state index >= 15 is 0 Å². The minimum Gasteiger partial charge on any atom is -0.350 e. The molecule has 0 aliphatic heterocycles. The molecule has 2 aromatic rings. The number of hydrogen-bond acceptors (Lipinski definition) is 3. The molecule has 0 unspecified atom stereocenters. The van der Waals surface area contributed by atoms with E-state index in [0.29, 0.717) is 12.1 Å². The second-order valence-corrected chi connectivity index (χ2v) is 8.54. The van der Waals surface area contributed by atoms with Gasteiger partial charge in [0, 0.05) is 24.7 Å². The number of hydrogen-bond donors (Lipinski definition) is 1. The number of nitrogens with zero attached hydrogens (tertiary/aromatic N) is 1. The van der Waals surface area contributed by atoms with Crippen molar-refractivity contribution in [3.05, 3.63) is 65.7 Å². The number of rotatable bonds is 9. The van der Waals surface area contributed by atoms with Crippen molar-refractivity contribution in [1.82, 2.24) is 9.62 Å². The predicted molar refractivity (Wildman–Crippen MR) is 108 cm³/mol. The lowest BCUT2D eigenvalue weighted by Gasteiger charge is -2.21. The maximum Gasteiger partial charge on any atom is 0.251 e. The van der Waals surface area contributed by atoms with Crippen molar-refractivity contribution >= 4 is 15.9 Å². The molecule has 0 radical (unpaired) electrons. The van der Waals surface area contributed by atoms with Gasteiger partial charge in [-0.1, -0.05) is 50.6 Å². The van der Waals surface area contributed by atoms with Crippen LogP contribution >= 0.6 is 0 Å². The highest BCUT2D eigenvalue weighted by Crippen LogP contribution is 2.18. The zero-order chi connectivity index (χ0) is 19.9. The van der Waals surface area contributed by atoms with Gasteiger partial charge < -0.3 is 5.32 Å². The Hall–Kier alpha value is -2.18. The fraction of sp³-hybridized carbons (Fsp3) is 0.381. The Kier molecular flexibility index (Phi) is 7.56. The quantitative estimate of drug-likeness (QED) is 0.710. The van der Waals surface area contributed by atoms with Crippen molar-refractivity contribution in [3.8, 4) is 0 Å². The average Bonchev–Trinajstić information content (AvgIpc) is 2.67. The zero-order valence-electron chi connectivity index (χ0n) is 16.2. The number of nitrogens with one attached hydrogen (secondary N) is 1. The Morgan fingerprint density at radius 3 is 2.22 bits per heavy atom. The van der Waals surface area contributed by atoms with Crippen LogP contribution in [0.5, 0.6) is 0 Å². The second kappa shape index (κ2) is 9.67. The monoisotopic (exact) mass is 388 g/mol. The molecule has 1 atom stereocenters. The number of carbonyl (C=O) groups is 1. The summed E-state index contributed by atoms with van der Waals surface area (Å²) in [6.07, 6.45) is 1.95. The maximum atomic E-state index is 12.8. The van der Waals surface area contributed by atoms with Crippen molar-refractivity contribution < 1.29 is 13.2 Å². The molecule has 27 heavy (non-hydrogen) atoms. The molecule has 1 amide bonds. The molecular weight excluding hydrogens is 360 g/mol. The van der Waals surface area contributed by atoms with Gasteiger partial charge in [0.05, 0.1) is 4.90 Å². The molecule has 2 aromatic carbocycles. The van der Waals surface area contributed by atoms with E-state index in [0.717, 1.165) is 18.4 Å². The van der Waals surface area contributed by atoms with Crippen LogP contribution in [-0.2, 0) is 16.6 Å². The lowest BCUT2D eigenvalue weighted by Crippen LogP contribution is -2.32. The third-order valence-corrected chi connectivity index (χ3v) is 6.34. The van der Waals surface area contributed by atoms with Crippen LogP contribution in [-0.4, -0.2) is 31.2 Å². The van der Waals surface area contributed by atoms with E-state index in [2.05, 4.69) is 12.2 Å². The third kappa shape index (κ3) is 5.65. The highest BCUT2D eigenvalue weighted by molar-refractivity contribution is 7.89. The molecule has 0 heterocycles. The van der Waals surface area contributed by atoms with Gasteiger partial charge >= 0.3 is 0 Å². The summed E-state index contributed by atoms with van der Waals surface area (Å²) in [6, 6.07) is 15.7. The minimum atomic E-state index is -3.54. The lowest BCUT2D eigenvalue weighted by molar-refractivity contribution is 0.0938. The summed E-state index contributed by atoms with van der Waals surface area (Å²) in [4.78, 5) is 12.5. The van der Waals surface area contributed by atoms with Crippen LogP contribution in [0.25, 0.3) is 0 Å². The third-order valence-electron chi connectivity index (χ3n) is 4.41. The fourth-order valence-corrected chi connectivity index (χ4v) is 4.34. The summed E-state index contributed by atoms with van der Waals surface area (Å²) < 4.78 is 27.0. The Labute approximate surface area is 162 Å². The lowest BCUT2D eigenvalue weighted by atomic mass is 10.1. The van der Waals surface area contributed by atoms with Crippen LogP contribution in [0.3, 0.4) is 0 Å². The molecule has 146 valence electrons. The van der Waals surface area contributed by atoms with Crippen LogP contribution < -0.4 is 5.32 Å². The van der Waals surface area contributed by atoms with Crippen molar-refractivity contribution in [2.45, 2.75) is 51.1 Å². The molecule has 0 aliphatic rings. The van der Waals surface area contributed by atoms with Crippen molar-refractivity contribution in [3.63, 3.8) is 0 Å². The van der Waals surface area contributed by atoms with Gasteiger partial charge in [-0.05, 0) is 43.2 Å². The Bertz CT molecular complexity index is 833.